The molecule has 180 valence electrons. The Morgan fingerprint density at radius 2 is 1.74 bits per heavy atom. The molecule has 0 saturated carbocycles. The molecule has 2 amide bonds. The fourth-order valence-electron chi connectivity index (χ4n) is 3.57. The molecule has 2 atom stereocenters. The van der Waals surface area contributed by atoms with E-state index < -0.39 is 24.0 Å². The van der Waals surface area contributed by atoms with Crippen LogP contribution in [-0.4, -0.2) is 71.9 Å². The minimum atomic E-state index is -1.91. The summed E-state index contributed by atoms with van der Waals surface area (Å²) in [5.74, 6) is 1.17. The zero-order chi connectivity index (χ0) is 24.5. The van der Waals surface area contributed by atoms with E-state index >= 15 is 0 Å². The number of piperazine rings is 1. The van der Waals surface area contributed by atoms with Gasteiger partial charge in [0.25, 0.3) is 11.8 Å². The van der Waals surface area contributed by atoms with Gasteiger partial charge >= 0.3 is 0 Å². The molecule has 0 aromatic heterocycles. The van der Waals surface area contributed by atoms with Crippen LogP contribution in [0.2, 0.25) is 0 Å². The summed E-state index contributed by atoms with van der Waals surface area (Å²) in [6.45, 7) is 1.70. The molecule has 1 fully saturated rings. The van der Waals surface area contributed by atoms with E-state index in [1.54, 1.807) is 47.4 Å². The number of para-hydroxylation sites is 1. The number of amides is 2. The van der Waals surface area contributed by atoms with Crippen molar-refractivity contribution in [2.45, 2.75) is 25.2 Å². The van der Waals surface area contributed by atoms with Gasteiger partial charge in [0, 0.05) is 39.1 Å². The van der Waals surface area contributed by atoms with Crippen molar-refractivity contribution in [1.82, 2.24) is 10.2 Å². The van der Waals surface area contributed by atoms with Gasteiger partial charge in [-0.1, -0.05) is 24.3 Å². The van der Waals surface area contributed by atoms with Crippen LogP contribution in [0.25, 0.3) is 0 Å². The predicted octanol–water partition coefficient (Wildman–Crippen LogP) is 0.915. The van der Waals surface area contributed by atoms with Gasteiger partial charge in [-0.25, -0.2) is 4.39 Å². The lowest BCUT2D eigenvalue weighted by Gasteiger charge is -2.37. The number of ether oxygens (including phenoxy) is 1. The minimum Gasteiger partial charge on any atom is -0.493 e. The van der Waals surface area contributed by atoms with E-state index in [0.717, 1.165) is 5.56 Å². The summed E-state index contributed by atoms with van der Waals surface area (Å²) < 4.78 is 19.4. The molecule has 2 aromatic carbocycles. The van der Waals surface area contributed by atoms with Crippen LogP contribution < -0.4 is 15.0 Å². The van der Waals surface area contributed by atoms with E-state index in [1.165, 1.54) is 11.0 Å². The van der Waals surface area contributed by atoms with Crippen LogP contribution in [0.4, 0.5) is 10.1 Å². The monoisotopic (exact) mass is 469 g/mol. The average molecular weight is 470 g/mol. The second-order valence-corrected chi connectivity index (χ2v) is 7.82. The molecule has 0 unspecified atom stereocenters. The summed E-state index contributed by atoms with van der Waals surface area (Å²) in [5.41, 5.74) is 1.19. The number of nitrogens with one attached hydrogen (secondary N) is 1. The highest BCUT2D eigenvalue weighted by molar-refractivity contribution is 5.90. The van der Waals surface area contributed by atoms with Gasteiger partial charge in [0.2, 0.25) is 0 Å². The number of terminal acetylenes is 1. The fraction of sp³-hybridized carbons (Fsp3) is 0.360. The lowest BCUT2D eigenvalue weighted by molar-refractivity contribution is -0.153. The Balaban J connectivity index is 1.45. The van der Waals surface area contributed by atoms with Crippen molar-refractivity contribution >= 4 is 17.5 Å². The molecule has 9 heteroatoms. The van der Waals surface area contributed by atoms with Crippen LogP contribution in [-0.2, 0) is 16.1 Å². The third kappa shape index (κ3) is 6.47. The summed E-state index contributed by atoms with van der Waals surface area (Å²) in [5, 5.41) is 23.0. The summed E-state index contributed by atoms with van der Waals surface area (Å²) >= 11 is 0. The van der Waals surface area contributed by atoms with Gasteiger partial charge in [0.1, 0.15) is 11.6 Å². The first-order valence-electron chi connectivity index (χ1n) is 11.0. The summed E-state index contributed by atoms with van der Waals surface area (Å²) in [6, 6.07) is 13.3. The topological polar surface area (TPSA) is 102 Å². The molecule has 8 nitrogen and oxygen atoms in total. The van der Waals surface area contributed by atoms with Gasteiger partial charge in [0.05, 0.1) is 12.3 Å². The number of hydrogen-bond acceptors (Lipinski definition) is 6. The van der Waals surface area contributed by atoms with Crippen molar-refractivity contribution in [1.29, 1.82) is 0 Å². The van der Waals surface area contributed by atoms with Crippen molar-refractivity contribution < 1.29 is 28.9 Å². The summed E-state index contributed by atoms with van der Waals surface area (Å²) in [6.07, 6.45) is 1.87. The molecule has 2 aromatic rings. The Labute approximate surface area is 197 Å². The third-order valence-corrected chi connectivity index (χ3v) is 5.51. The number of carbonyl (C=O) groups excluding carboxylic acids is 2. The molecule has 1 heterocycles. The van der Waals surface area contributed by atoms with Crippen LogP contribution in [0, 0.1) is 18.2 Å². The Morgan fingerprint density at radius 1 is 1.06 bits per heavy atom. The largest absolute Gasteiger partial charge is 0.493 e. The highest BCUT2D eigenvalue weighted by Crippen LogP contribution is 2.20. The summed E-state index contributed by atoms with van der Waals surface area (Å²) in [4.78, 5) is 28.0. The maximum absolute atomic E-state index is 14.0. The Hall–Kier alpha value is -3.61. The van der Waals surface area contributed by atoms with E-state index in [2.05, 4.69) is 11.2 Å². The molecule has 0 bridgehead atoms. The minimum absolute atomic E-state index is 0.1000. The highest BCUT2D eigenvalue weighted by Gasteiger charge is 2.34. The molecule has 34 heavy (non-hydrogen) atoms. The number of anilines is 1. The van der Waals surface area contributed by atoms with E-state index in [1.807, 2.05) is 0 Å². The Kier molecular flexibility index (Phi) is 8.85. The lowest BCUT2D eigenvalue weighted by Crippen LogP contribution is -2.55. The van der Waals surface area contributed by atoms with Gasteiger partial charge < -0.3 is 30.1 Å². The van der Waals surface area contributed by atoms with E-state index in [9.17, 15) is 24.2 Å². The molecule has 1 aliphatic heterocycles. The molecule has 3 N–H and O–H groups in total. The van der Waals surface area contributed by atoms with Gasteiger partial charge in [-0.2, -0.15) is 0 Å². The van der Waals surface area contributed by atoms with E-state index in [0.29, 0.717) is 37.6 Å². The lowest BCUT2D eigenvalue weighted by atomic mass is 10.1. The number of aliphatic hydroxyl groups is 2. The van der Waals surface area contributed by atoms with Crippen molar-refractivity contribution in [3.63, 3.8) is 0 Å². The standard InChI is InChI=1S/C25H28FN3O5/c1-2-3-16-34-19-10-8-18(9-11-19)17-27-24(32)22(30)23(31)25(33)29-14-12-28(13-15-29)21-7-5-4-6-20(21)26/h1,4-11,22-23,30-31H,3,12-17H2,(H,27,32)/t22-,23-/m1/s1. The number of nitrogens with zero attached hydrogens (tertiary/aromatic N) is 2. The number of hydrogen-bond donors (Lipinski definition) is 3. The van der Waals surface area contributed by atoms with Gasteiger partial charge in [-0.15, -0.1) is 12.3 Å². The highest BCUT2D eigenvalue weighted by atomic mass is 19.1. The molecule has 3 rings (SSSR count). The third-order valence-electron chi connectivity index (χ3n) is 5.51. The van der Waals surface area contributed by atoms with Gasteiger partial charge in [-0.3, -0.25) is 9.59 Å². The number of carbonyl (C=O) groups is 2. The molecular formula is C25H28FN3O5. The van der Waals surface area contributed by atoms with E-state index in [-0.39, 0.29) is 25.5 Å². The smallest absolute Gasteiger partial charge is 0.254 e. The molecule has 1 saturated heterocycles. The number of rotatable bonds is 9. The van der Waals surface area contributed by atoms with Crippen LogP contribution in [0.3, 0.4) is 0 Å². The van der Waals surface area contributed by atoms with Crippen molar-refractivity contribution in [3.8, 4) is 18.1 Å². The van der Waals surface area contributed by atoms with Crippen molar-refractivity contribution in [3.05, 3.63) is 59.9 Å². The molecule has 0 radical (unpaired) electrons. The predicted molar refractivity (Wildman–Crippen MR) is 124 cm³/mol. The first-order chi connectivity index (χ1) is 16.4. The Morgan fingerprint density at radius 3 is 2.38 bits per heavy atom. The molecule has 0 spiro atoms. The van der Waals surface area contributed by atoms with E-state index in [4.69, 9.17) is 11.2 Å². The number of halogens is 1. The normalized spacial score (nSPS) is 15.2. The van der Waals surface area contributed by atoms with Crippen LogP contribution in [0.1, 0.15) is 12.0 Å². The molecule has 1 aliphatic rings. The van der Waals surface area contributed by atoms with Gasteiger partial charge in [-0.05, 0) is 29.8 Å². The average Bonchev–Trinajstić information content (AvgIpc) is 2.87. The van der Waals surface area contributed by atoms with Crippen LogP contribution >= 0.6 is 0 Å². The first kappa shape index (κ1) is 25.0. The number of benzene rings is 2. The maximum atomic E-state index is 14.0. The maximum Gasteiger partial charge on any atom is 0.254 e. The SMILES string of the molecule is C#CCCOc1ccc(CNC(=O)[C@H](O)[C@@H](O)C(=O)N2CCN(c3ccccc3F)CC2)cc1. The Bertz CT molecular complexity index is 1020. The van der Waals surface area contributed by atoms with Crippen LogP contribution in [0.15, 0.2) is 48.5 Å². The molecule has 0 aliphatic carbocycles. The quantitative estimate of drug-likeness (QED) is 0.373. The second-order valence-electron chi connectivity index (χ2n) is 7.82. The zero-order valence-electron chi connectivity index (χ0n) is 18.7. The number of aliphatic hydroxyl groups excluding tert-OH is 2. The fourth-order valence-corrected chi connectivity index (χ4v) is 3.57. The zero-order valence-corrected chi connectivity index (χ0v) is 18.7. The van der Waals surface area contributed by atoms with Crippen molar-refractivity contribution in [2.75, 3.05) is 37.7 Å². The molecular weight excluding hydrogens is 441 g/mol. The van der Waals surface area contributed by atoms with Gasteiger partial charge in [0.15, 0.2) is 12.2 Å². The van der Waals surface area contributed by atoms with Crippen LogP contribution in [0.5, 0.6) is 5.75 Å². The van der Waals surface area contributed by atoms with Crippen molar-refractivity contribution in [2.24, 2.45) is 0 Å². The second kappa shape index (κ2) is 12.0. The first-order valence-corrected chi connectivity index (χ1v) is 11.0. The summed E-state index contributed by atoms with van der Waals surface area (Å²) in [7, 11) is 0.